The van der Waals surface area contributed by atoms with Gasteiger partial charge >= 0.3 is 5.69 Å². The van der Waals surface area contributed by atoms with Crippen molar-refractivity contribution in [2.24, 2.45) is 12.8 Å². The number of imidazole rings is 1. The fourth-order valence-corrected chi connectivity index (χ4v) is 1.96. The van der Waals surface area contributed by atoms with E-state index in [1.54, 1.807) is 0 Å². The van der Waals surface area contributed by atoms with E-state index in [1.807, 2.05) is 0 Å². The van der Waals surface area contributed by atoms with E-state index in [4.69, 9.17) is 5.73 Å². The highest BCUT2D eigenvalue weighted by atomic mass is 16.2. The van der Waals surface area contributed by atoms with E-state index < -0.39 is 23.2 Å². The van der Waals surface area contributed by atoms with Crippen molar-refractivity contribution >= 4 is 23.4 Å². The van der Waals surface area contributed by atoms with Gasteiger partial charge in [0.15, 0.2) is 11.2 Å². The Morgan fingerprint density at radius 3 is 2.70 bits per heavy atom. The Labute approximate surface area is 112 Å². The normalized spacial score (nSPS) is 12.5. The third-order valence-corrected chi connectivity index (χ3v) is 3.14. The average molecular weight is 279 g/mol. The second kappa shape index (κ2) is 4.76. The fraction of sp³-hybridized carbons (Fsp3) is 0.364. The Morgan fingerprint density at radius 2 is 2.15 bits per heavy atom. The van der Waals surface area contributed by atoms with E-state index >= 15 is 0 Å². The largest absolute Gasteiger partial charge is 0.368 e. The lowest BCUT2D eigenvalue weighted by Crippen LogP contribution is -2.40. The number of nitrogens with zero attached hydrogens (tertiary/aromatic N) is 4. The number of hydrogen-bond acceptors (Lipinski definition) is 5. The third-order valence-electron chi connectivity index (χ3n) is 3.14. The van der Waals surface area contributed by atoms with Gasteiger partial charge in [0.2, 0.25) is 5.91 Å². The molecule has 0 saturated heterocycles. The van der Waals surface area contributed by atoms with Crippen molar-refractivity contribution in [3.8, 4) is 0 Å². The molecule has 2 aromatic heterocycles. The molecular weight excluding hydrogens is 266 g/mol. The van der Waals surface area contributed by atoms with Gasteiger partial charge in [-0.1, -0.05) is 0 Å². The number of amides is 1. The number of primary amides is 1. The van der Waals surface area contributed by atoms with E-state index in [9.17, 15) is 19.2 Å². The van der Waals surface area contributed by atoms with Gasteiger partial charge in [-0.3, -0.25) is 18.7 Å². The zero-order valence-electron chi connectivity index (χ0n) is 10.9. The van der Waals surface area contributed by atoms with Crippen LogP contribution >= 0.6 is 0 Å². The molecule has 0 unspecified atom stereocenters. The van der Waals surface area contributed by atoms with Crippen LogP contribution in [0.15, 0.2) is 15.9 Å². The Morgan fingerprint density at radius 1 is 1.50 bits per heavy atom. The van der Waals surface area contributed by atoms with E-state index in [2.05, 4.69) is 4.98 Å². The molecule has 0 bridgehead atoms. The minimum absolute atomic E-state index is 0.0558. The van der Waals surface area contributed by atoms with Crippen molar-refractivity contribution in [2.75, 3.05) is 0 Å². The van der Waals surface area contributed by atoms with Gasteiger partial charge in [-0.25, -0.2) is 9.78 Å². The molecule has 0 aliphatic heterocycles. The lowest BCUT2D eigenvalue weighted by Gasteiger charge is -2.11. The maximum atomic E-state index is 12.3. The van der Waals surface area contributed by atoms with Crippen LogP contribution in [0.3, 0.4) is 0 Å². The van der Waals surface area contributed by atoms with E-state index in [-0.39, 0.29) is 17.7 Å². The molecule has 2 N–H and O–H groups in total. The molecule has 0 aliphatic carbocycles. The van der Waals surface area contributed by atoms with Crippen LogP contribution in [0.4, 0.5) is 0 Å². The van der Waals surface area contributed by atoms with Crippen LogP contribution in [-0.2, 0) is 23.2 Å². The standard InChI is InChI=1S/C11H13N5O4/c1-6(8(12)18)16-5-13-9-7(16)10(19)15(3-4-17)11(20)14(9)2/h4-6H,3H2,1-2H3,(H2,12,18)/t6-/m0/s1. The van der Waals surface area contributed by atoms with Gasteiger partial charge in [0, 0.05) is 7.05 Å². The molecule has 9 nitrogen and oxygen atoms in total. The summed E-state index contributed by atoms with van der Waals surface area (Å²) in [5.41, 5.74) is 4.08. The zero-order chi connectivity index (χ0) is 15.0. The first-order valence-electron chi connectivity index (χ1n) is 5.79. The molecule has 2 heterocycles. The van der Waals surface area contributed by atoms with Crippen molar-refractivity contribution in [3.63, 3.8) is 0 Å². The monoisotopic (exact) mass is 279 g/mol. The summed E-state index contributed by atoms with van der Waals surface area (Å²) in [5, 5.41) is 0. The van der Waals surface area contributed by atoms with Crippen LogP contribution < -0.4 is 17.0 Å². The van der Waals surface area contributed by atoms with Crippen molar-refractivity contribution in [1.29, 1.82) is 0 Å². The van der Waals surface area contributed by atoms with Crippen molar-refractivity contribution in [2.45, 2.75) is 19.5 Å². The van der Waals surface area contributed by atoms with Gasteiger partial charge in [-0.05, 0) is 6.92 Å². The summed E-state index contributed by atoms with van der Waals surface area (Å²) in [4.78, 5) is 50.0. The van der Waals surface area contributed by atoms with Crippen LogP contribution in [0.25, 0.3) is 11.2 Å². The number of aromatic nitrogens is 4. The summed E-state index contributed by atoms with van der Waals surface area (Å²) in [5.74, 6) is -0.639. The van der Waals surface area contributed by atoms with E-state index in [0.29, 0.717) is 6.29 Å². The molecular formula is C11H13N5O4. The van der Waals surface area contributed by atoms with Crippen LogP contribution in [0, 0.1) is 0 Å². The van der Waals surface area contributed by atoms with Gasteiger partial charge in [0.05, 0.1) is 12.9 Å². The van der Waals surface area contributed by atoms with Crippen LogP contribution in [0.2, 0.25) is 0 Å². The number of nitrogens with two attached hydrogens (primary N) is 1. The van der Waals surface area contributed by atoms with Crippen molar-refractivity contribution < 1.29 is 9.59 Å². The van der Waals surface area contributed by atoms with E-state index in [0.717, 1.165) is 9.13 Å². The SMILES string of the molecule is C[C@@H](C(N)=O)n1cnc2c1c(=O)n(CC=O)c(=O)n2C. The smallest absolute Gasteiger partial charge is 0.332 e. The van der Waals surface area contributed by atoms with Gasteiger partial charge < -0.3 is 15.1 Å². The Bertz CT molecular complexity index is 813. The minimum Gasteiger partial charge on any atom is -0.368 e. The highest BCUT2D eigenvalue weighted by molar-refractivity contribution is 5.81. The number of carbonyl (C=O) groups excluding carboxylic acids is 2. The van der Waals surface area contributed by atoms with Crippen LogP contribution in [0.1, 0.15) is 13.0 Å². The second-order valence-electron chi connectivity index (χ2n) is 4.33. The summed E-state index contributed by atoms with van der Waals surface area (Å²) < 4.78 is 3.21. The minimum atomic E-state index is -0.796. The van der Waals surface area contributed by atoms with Gasteiger partial charge in [-0.15, -0.1) is 0 Å². The lowest BCUT2D eigenvalue weighted by atomic mass is 10.3. The van der Waals surface area contributed by atoms with E-state index in [1.165, 1.54) is 24.9 Å². The molecule has 2 rings (SSSR count). The van der Waals surface area contributed by atoms with Gasteiger partial charge in [0.1, 0.15) is 12.3 Å². The summed E-state index contributed by atoms with van der Waals surface area (Å²) in [7, 11) is 1.43. The first-order chi connectivity index (χ1) is 9.40. The molecule has 106 valence electrons. The Hall–Kier alpha value is -2.71. The summed E-state index contributed by atoms with van der Waals surface area (Å²) in [6.07, 6.45) is 1.72. The molecule has 0 aliphatic rings. The van der Waals surface area contributed by atoms with Gasteiger partial charge in [-0.2, -0.15) is 0 Å². The Kier molecular flexibility index (Phi) is 3.26. The highest BCUT2D eigenvalue weighted by Gasteiger charge is 2.20. The number of rotatable bonds is 4. The molecule has 1 atom stereocenters. The predicted octanol–water partition coefficient (Wildman–Crippen LogP) is -1.86. The average Bonchev–Trinajstić information content (AvgIpc) is 2.85. The number of aldehydes is 1. The number of fused-ring (bicyclic) bond motifs is 1. The number of carbonyl (C=O) groups is 2. The molecule has 0 saturated carbocycles. The summed E-state index contributed by atoms with van der Waals surface area (Å²) >= 11 is 0. The Balaban J connectivity index is 2.91. The van der Waals surface area contributed by atoms with Crippen LogP contribution in [0.5, 0.6) is 0 Å². The predicted molar refractivity (Wildman–Crippen MR) is 69.2 cm³/mol. The fourth-order valence-electron chi connectivity index (χ4n) is 1.96. The first-order valence-corrected chi connectivity index (χ1v) is 5.79. The molecule has 9 heteroatoms. The first kappa shape index (κ1) is 13.7. The van der Waals surface area contributed by atoms with Crippen LogP contribution in [-0.4, -0.2) is 30.9 Å². The molecule has 0 fully saturated rings. The van der Waals surface area contributed by atoms with Crippen molar-refractivity contribution in [3.05, 3.63) is 27.2 Å². The number of hydrogen-bond donors (Lipinski definition) is 1. The third kappa shape index (κ3) is 1.83. The molecule has 2 aromatic rings. The molecule has 0 radical (unpaired) electrons. The zero-order valence-corrected chi connectivity index (χ0v) is 10.9. The molecule has 20 heavy (non-hydrogen) atoms. The maximum absolute atomic E-state index is 12.3. The maximum Gasteiger partial charge on any atom is 0.332 e. The molecule has 0 aromatic carbocycles. The molecule has 0 spiro atoms. The molecule has 1 amide bonds. The quantitative estimate of drug-likeness (QED) is 0.658. The number of aryl methyl sites for hydroxylation is 1. The summed E-state index contributed by atoms with van der Waals surface area (Å²) in [6, 6.07) is -0.796. The van der Waals surface area contributed by atoms with Gasteiger partial charge in [0.25, 0.3) is 5.56 Å². The highest BCUT2D eigenvalue weighted by Crippen LogP contribution is 2.12. The lowest BCUT2D eigenvalue weighted by molar-refractivity contribution is -0.120. The van der Waals surface area contributed by atoms with Crippen molar-refractivity contribution in [1.82, 2.24) is 18.7 Å². The summed E-state index contributed by atoms with van der Waals surface area (Å²) in [6.45, 7) is 1.15. The second-order valence-corrected chi connectivity index (χ2v) is 4.33. The topological polar surface area (TPSA) is 122 Å².